The van der Waals surface area contributed by atoms with Crippen molar-refractivity contribution in [3.63, 3.8) is 0 Å². The molecule has 2 aromatic carbocycles. The molecule has 11 nitrogen and oxygen atoms in total. The maximum Gasteiger partial charge on any atom is 0.271 e. The largest absolute Gasteiger partial charge is 0.491 e. The predicted octanol–water partition coefficient (Wildman–Crippen LogP) is 4.97. The monoisotopic (exact) mass is 634 g/mol. The molecular weight excluding hydrogens is 599 g/mol. The van der Waals surface area contributed by atoms with E-state index in [1.54, 1.807) is 12.3 Å². The van der Waals surface area contributed by atoms with Gasteiger partial charge in [-0.25, -0.2) is 19.3 Å². The van der Waals surface area contributed by atoms with Gasteiger partial charge in [0.15, 0.2) is 17.2 Å². The molecule has 1 aliphatic heterocycles. The first-order valence-electron chi connectivity index (χ1n) is 15.6. The molecule has 0 aliphatic carbocycles. The minimum absolute atomic E-state index is 0.108. The number of nitrogen functional groups attached to an aromatic ring is 1. The third-order valence-corrected chi connectivity index (χ3v) is 8.18. The average molecular weight is 635 g/mol. The predicted molar refractivity (Wildman–Crippen MR) is 181 cm³/mol. The summed E-state index contributed by atoms with van der Waals surface area (Å²) in [6.07, 6.45) is 4.49. The van der Waals surface area contributed by atoms with Crippen molar-refractivity contribution in [3.8, 4) is 34.2 Å². The van der Waals surface area contributed by atoms with Crippen molar-refractivity contribution in [1.29, 1.82) is 0 Å². The third-order valence-electron chi connectivity index (χ3n) is 8.18. The smallest absolute Gasteiger partial charge is 0.271 e. The molecule has 12 heteroatoms. The number of benzene rings is 1. The number of imidazole rings is 1. The standard InChI is InChI=1S/C33H29FN8O3.C2H6/c1-45-30-27(28(43)29(30)44)38-21-12-15-41(16-13-21)18-19-4-7-22(8-5-19)42-32(23-3-2-14-36-31(23)35)40-26-11-10-25(39-33(26)42)24-9-6-20(34)17-37-24;1-2/h2-11,14,17,21,38H,12-13,15-16,18H2,1H3,(H2,35,36);1-2H3. The van der Waals surface area contributed by atoms with E-state index in [4.69, 9.17) is 20.4 Å². The molecule has 0 atom stereocenters. The summed E-state index contributed by atoms with van der Waals surface area (Å²) in [5.41, 5.74) is 10.6. The van der Waals surface area contributed by atoms with Crippen molar-refractivity contribution in [2.45, 2.75) is 39.3 Å². The Labute approximate surface area is 270 Å². The molecule has 7 rings (SSSR count). The quantitative estimate of drug-likeness (QED) is 0.220. The highest BCUT2D eigenvalue weighted by molar-refractivity contribution is 5.84. The van der Waals surface area contributed by atoms with E-state index in [-0.39, 0.29) is 11.8 Å². The van der Waals surface area contributed by atoms with E-state index in [0.717, 1.165) is 43.7 Å². The first kappa shape index (κ1) is 31.5. The van der Waals surface area contributed by atoms with Crippen LogP contribution in [0.15, 0.2) is 82.6 Å². The second-order valence-electron chi connectivity index (χ2n) is 11.0. The van der Waals surface area contributed by atoms with Gasteiger partial charge in [0.2, 0.25) is 0 Å². The molecule has 0 unspecified atom stereocenters. The summed E-state index contributed by atoms with van der Waals surface area (Å²) in [6, 6.07) is 18.7. The van der Waals surface area contributed by atoms with E-state index >= 15 is 0 Å². The van der Waals surface area contributed by atoms with Gasteiger partial charge >= 0.3 is 0 Å². The van der Waals surface area contributed by atoms with Crippen LogP contribution in [0.4, 0.5) is 15.9 Å². The summed E-state index contributed by atoms with van der Waals surface area (Å²) in [5.74, 6) is 0.669. The molecule has 0 spiro atoms. The minimum atomic E-state index is -0.568. The van der Waals surface area contributed by atoms with E-state index in [1.807, 2.05) is 54.8 Å². The normalized spacial score (nSPS) is 13.8. The molecule has 47 heavy (non-hydrogen) atoms. The highest BCUT2D eigenvalue weighted by Crippen LogP contribution is 2.32. The van der Waals surface area contributed by atoms with Crippen molar-refractivity contribution in [2.24, 2.45) is 0 Å². The van der Waals surface area contributed by atoms with Gasteiger partial charge in [-0.15, -0.1) is 0 Å². The number of piperidine rings is 1. The number of nitrogens with two attached hydrogens (primary N) is 1. The summed E-state index contributed by atoms with van der Waals surface area (Å²) in [7, 11) is 1.40. The Morgan fingerprint density at radius 3 is 2.36 bits per heavy atom. The number of pyridine rings is 3. The number of hydrogen-bond acceptors (Lipinski definition) is 10. The van der Waals surface area contributed by atoms with Crippen LogP contribution in [0.3, 0.4) is 0 Å². The molecule has 4 aromatic heterocycles. The van der Waals surface area contributed by atoms with Crippen molar-refractivity contribution in [3.05, 3.63) is 105 Å². The maximum atomic E-state index is 13.5. The Morgan fingerprint density at radius 1 is 0.936 bits per heavy atom. The fourth-order valence-electron chi connectivity index (χ4n) is 5.80. The van der Waals surface area contributed by atoms with E-state index in [9.17, 15) is 14.0 Å². The van der Waals surface area contributed by atoms with Gasteiger partial charge in [-0.05, 0) is 66.9 Å². The Hall–Kier alpha value is -5.49. The van der Waals surface area contributed by atoms with Gasteiger partial charge in [-0.1, -0.05) is 26.0 Å². The van der Waals surface area contributed by atoms with Gasteiger partial charge in [0.05, 0.1) is 30.3 Å². The van der Waals surface area contributed by atoms with Crippen LogP contribution in [0.1, 0.15) is 32.3 Å². The molecule has 1 aliphatic rings. The highest BCUT2D eigenvalue weighted by atomic mass is 19.1. The lowest BCUT2D eigenvalue weighted by Gasteiger charge is -2.33. The molecule has 0 saturated carbocycles. The summed E-state index contributed by atoms with van der Waals surface area (Å²) in [5, 5.41) is 3.21. The highest BCUT2D eigenvalue weighted by Gasteiger charge is 2.26. The number of hydrogen-bond donors (Lipinski definition) is 2. The van der Waals surface area contributed by atoms with Crippen molar-refractivity contribution in [2.75, 3.05) is 31.2 Å². The number of nitrogens with zero attached hydrogens (tertiary/aromatic N) is 6. The average Bonchev–Trinajstić information content (AvgIpc) is 3.49. The topological polar surface area (TPSA) is 141 Å². The van der Waals surface area contributed by atoms with Crippen LogP contribution in [-0.4, -0.2) is 55.6 Å². The minimum Gasteiger partial charge on any atom is -0.491 e. The molecule has 1 fully saturated rings. The van der Waals surface area contributed by atoms with Crippen LogP contribution in [-0.2, 0) is 6.54 Å². The molecule has 6 aromatic rings. The summed E-state index contributed by atoms with van der Waals surface area (Å²) in [6.45, 7) is 6.46. The maximum absolute atomic E-state index is 13.5. The van der Waals surface area contributed by atoms with Gasteiger partial charge < -0.3 is 15.8 Å². The van der Waals surface area contributed by atoms with Crippen LogP contribution >= 0.6 is 0 Å². The summed E-state index contributed by atoms with van der Waals surface area (Å²) >= 11 is 0. The third kappa shape index (κ3) is 6.19. The SMILES string of the molecule is CC.COc1c(NC2CCN(Cc3ccc(-n4c(-c5cccnc5N)nc5ccc(-c6ccc(F)cn6)nc54)cc3)CC2)c(=O)c1=O. The fourth-order valence-corrected chi connectivity index (χ4v) is 5.80. The molecule has 5 heterocycles. The lowest BCUT2D eigenvalue weighted by molar-refractivity contribution is 0.211. The van der Waals surface area contributed by atoms with Crippen molar-refractivity contribution >= 4 is 22.7 Å². The number of methoxy groups -OCH3 is 1. The Morgan fingerprint density at radius 2 is 1.68 bits per heavy atom. The first-order valence-corrected chi connectivity index (χ1v) is 15.6. The molecule has 240 valence electrons. The number of aromatic nitrogens is 5. The van der Waals surface area contributed by atoms with Crippen LogP contribution < -0.4 is 26.6 Å². The lowest BCUT2D eigenvalue weighted by Crippen LogP contribution is -2.42. The summed E-state index contributed by atoms with van der Waals surface area (Å²) in [4.78, 5) is 44.2. The first-order chi connectivity index (χ1) is 22.9. The van der Waals surface area contributed by atoms with E-state index in [2.05, 4.69) is 32.3 Å². The molecule has 0 amide bonds. The lowest BCUT2D eigenvalue weighted by atomic mass is 10.0. The van der Waals surface area contributed by atoms with Crippen molar-refractivity contribution < 1.29 is 9.13 Å². The fraction of sp³-hybridized carbons (Fsp3) is 0.257. The number of likely N-dealkylation sites (tertiary alicyclic amines) is 1. The second-order valence-corrected chi connectivity index (χ2v) is 11.0. The van der Waals surface area contributed by atoms with Crippen LogP contribution in [0.5, 0.6) is 5.75 Å². The zero-order chi connectivity index (χ0) is 33.1. The van der Waals surface area contributed by atoms with Gasteiger partial charge in [0.1, 0.15) is 22.8 Å². The van der Waals surface area contributed by atoms with Gasteiger partial charge in [0, 0.05) is 37.6 Å². The van der Waals surface area contributed by atoms with Crippen LogP contribution in [0.25, 0.3) is 39.6 Å². The Bertz CT molecular complexity index is 2080. The van der Waals surface area contributed by atoms with Gasteiger partial charge in [-0.2, -0.15) is 0 Å². The molecule has 3 N–H and O–H groups in total. The van der Waals surface area contributed by atoms with Gasteiger partial charge in [-0.3, -0.25) is 24.0 Å². The van der Waals surface area contributed by atoms with E-state index in [0.29, 0.717) is 45.4 Å². The number of fused-ring (bicyclic) bond motifs is 1. The Kier molecular flexibility index (Phi) is 9.03. The molecule has 0 radical (unpaired) electrons. The molecule has 0 bridgehead atoms. The number of ether oxygens (including phenoxy) is 1. The summed E-state index contributed by atoms with van der Waals surface area (Å²) < 4.78 is 20.5. The number of rotatable bonds is 8. The molecule has 1 saturated heterocycles. The van der Waals surface area contributed by atoms with Gasteiger partial charge in [0.25, 0.3) is 10.9 Å². The van der Waals surface area contributed by atoms with E-state index in [1.165, 1.54) is 19.4 Å². The second kappa shape index (κ2) is 13.5. The number of anilines is 2. The zero-order valence-electron chi connectivity index (χ0n) is 26.4. The van der Waals surface area contributed by atoms with E-state index < -0.39 is 16.7 Å². The van der Waals surface area contributed by atoms with Crippen LogP contribution in [0.2, 0.25) is 0 Å². The number of halogens is 1. The number of nitrogens with one attached hydrogen (secondary N) is 1. The van der Waals surface area contributed by atoms with Crippen LogP contribution in [0, 0.1) is 5.82 Å². The molecular formula is C35H35FN8O3. The zero-order valence-corrected chi connectivity index (χ0v) is 26.4. The Balaban J connectivity index is 0.00000190. The van der Waals surface area contributed by atoms with Crippen molar-refractivity contribution in [1.82, 2.24) is 29.4 Å².